The van der Waals surface area contributed by atoms with Gasteiger partial charge in [0.1, 0.15) is 10.8 Å². The van der Waals surface area contributed by atoms with Gasteiger partial charge in [0.05, 0.1) is 11.7 Å². The Balaban J connectivity index is 2.29. The highest BCUT2D eigenvalue weighted by Crippen LogP contribution is 2.33. The number of rotatable bonds is 3. The number of nitrogens with zero attached hydrogens (tertiary/aromatic N) is 1. The second-order valence-corrected chi connectivity index (χ2v) is 7.53. The minimum Gasteiger partial charge on any atom is -0.312 e. The number of aryl methyl sites for hydroxylation is 1. The molecule has 0 aromatic carbocycles. The number of thiazole rings is 1. The van der Waals surface area contributed by atoms with Gasteiger partial charge in [-0.15, -0.1) is 11.3 Å². The highest BCUT2D eigenvalue weighted by molar-refractivity contribution is 7.90. The van der Waals surface area contributed by atoms with E-state index < -0.39 is 9.84 Å². The summed E-state index contributed by atoms with van der Waals surface area (Å²) in [5.74, 6) is 0.0705. The standard InChI is InChI=1S/C10H16N2O2S2/c1-11-7-4-3-5-8-10(7)12-9(15-8)6-16(2,13)14/h7,11H,3-6H2,1-2H3. The van der Waals surface area contributed by atoms with Crippen molar-refractivity contribution in [3.63, 3.8) is 0 Å². The summed E-state index contributed by atoms with van der Waals surface area (Å²) < 4.78 is 22.4. The summed E-state index contributed by atoms with van der Waals surface area (Å²) >= 11 is 1.55. The van der Waals surface area contributed by atoms with Crippen molar-refractivity contribution in [3.05, 3.63) is 15.6 Å². The predicted octanol–water partition coefficient (Wildman–Crippen LogP) is 1.28. The maximum atomic E-state index is 11.2. The fourth-order valence-corrected chi connectivity index (χ4v) is 4.39. The lowest BCUT2D eigenvalue weighted by Gasteiger charge is -2.19. The maximum absolute atomic E-state index is 11.2. The first-order valence-electron chi connectivity index (χ1n) is 5.33. The zero-order valence-corrected chi connectivity index (χ0v) is 11.1. The quantitative estimate of drug-likeness (QED) is 0.889. The molecule has 1 aliphatic rings. The second-order valence-electron chi connectivity index (χ2n) is 4.22. The van der Waals surface area contributed by atoms with Crippen LogP contribution in [0.3, 0.4) is 0 Å². The van der Waals surface area contributed by atoms with Gasteiger partial charge in [-0.1, -0.05) is 0 Å². The van der Waals surface area contributed by atoms with Gasteiger partial charge in [0.15, 0.2) is 9.84 Å². The van der Waals surface area contributed by atoms with Crippen molar-refractivity contribution >= 4 is 21.2 Å². The van der Waals surface area contributed by atoms with E-state index >= 15 is 0 Å². The van der Waals surface area contributed by atoms with E-state index in [4.69, 9.17) is 0 Å². The van der Waals surface area contributed by atoms with Crippen LogP contribution in [0.1, 0.15) is 34.5 Å². The van der Waals surface area contributed by atoms with Crippen LogP contribution in [0.25, 0.3) is 0 Å². The fourth-order valence-electron chi connectivity index (χ4n) is 2.04. The van der Waals surface area contributed by atoms with Crippen molar-refractivity contribution < 1.29 is 8.42 Å². The minimum absolute atomic E-state index is 0.0705. The summed E-state index contributed by atoms with van der Waals surface area (Å²) in [5, 5.41) is 3.96. The topological polar surface area (TPSA) is 59.1 Å². The summed E-state index contributed by atoms with van der Waals surface area (Å²) in [6.07, 6.45) is 4.53. The summed E-state index contributed by atoms with van der Waals surface area (Å²) in [5.41, 5.74) is 1.07. The summed E-state index contributed by atoms with van der Waals surface area (Å²) in [6.45, 7) is 0. The number of aromatic nitrogens is 1. The SMILES string of the molecule is CNC1CCCc2sc(CS(C)(=O)=O)nc21. The molecule has 0 saturated heterocycles. The van der Waals surface area contributed by atoms with E-state index in [1.165, 1.54) is 11.1 Å². The molecule has 1 heterocycles. The molecule has 1 atom stereocenters. The number of hydrogen-bond donors (Lipinski definition) is 1. The molecule has 4 nitrogen and oxygen atoms in total. The van der Waals surface area contributed by atoms with E-state index in [9.17, 15) is 8.42 Å². The van der Waals surface area contributed by atoms with Crippen LogP contribution in [0.15, 0.2) is 0 Å². The highest BCUT2D eigenvalue weighted by atomic mass is 32.2. The van der Waals surface area contributed by atoms with Crippen molar-refractivity contribution in [1.82, 2.24) is 10.3 Å². The van der Waals surface area contributed by atoms with Crippen LogP contribution >= 0.6 is 11.3 Å². The summed E-state index contributed by atoms with van der Waals surface area (Å²) in [6, 6.07) is 0.299. The van der Waals surface area contributed by atoms with Gasteiger partial charge in [0.2, 0.25) is 0 Å². The normalized spacial score (nSPS) is 20.8. The molecule has 0 amide bonds. The molecule has 0 saturated carbocycles. The van der Waals surface area contributed by atoms with Crippen molar-refractivity contribution in [1.29, 1.82) is 0 Å². The molecule has 0 radical (unpaired) electrons. The molecule has 1 N–H and O–H groups in total. The van der Waals surface area contributed by atoms with Crippen molar-refractivity contribution in [2.45, 2.75) is 31.1 Å². The zero-order valence-electron chi connectivity index (χ0n) is 9.49. The van der Waals surface area contributed by atoms with Crippen molar-refractivity contribution in [2.75, 3.05) is 13.3 Å². The molecule has 0 aliphatic heterocycles. The molecule has 2 rings (SSSR count). The Bertz CT molecular complexity index is 479. The van der Waals surface area contributed by atoms with Crippen LogP contribution < -0.4 is 5.32 Å². The largest absolute Gasteiger partial charge is 0.312 e. The molecule has 16 heavy (non-hydrogen) atoms. The third-order valence-corrected chi connectivity index (χ3v) is 4.84. The molecular weight excluding hydrogens is 244 g/mol. The predicted molar refractivity (Wildman–Crippen MR) is 65.4 cm³/mol. The van der Waals surface area contributed by atoms with Crippen molar-refractivity contribution in [2.24, 2.45) is 0 Å². The first kappa shape index (κ1) is 12.0. The molecule has 1 aliphatic carbocycles. The lowest BCUT2D eigenvalue weighted by Crippen LogP contribution is -2.21. The Labute approximate surface area is 100 Å². The van der Waals surface area contributed by atoms with E-state index in [-0.39, 0.29) is 5.75 Å². The molecule has 6 heteroatoms. The Kier molecular flexibility index (Phi) is 3.32. The number of fused-ring (bicyclic) bond motifs is 1. The van der Waals surface area contributed by atoms with Gasteiger partial charge in [-0.05, 0) is 26.3 Å². The average Bonchev–Trinajstić information content (AvgIpc) is 2.56. The molecule has 90 valence electrons. The van der Waals surface area contributed by atoms with Crippen LogP contribution in [0.2, 0.25) is 0 Å². The minimum atomic E-state index is -2.97. The van der Waals surface area contributed by atoms with Gasteiger partial charge < -0.3 is 5.32 Å². The smallest absolute Gasteiger partial charge is 0.153 e. The van der Waals surface area contributed by atoms with Gasteiger partial charge in [-0.25, -0.2) is 13.4 Å². The lowest BCUT2D eigenvalue weighted by molar-refractivity contribution is 0.489. The molecule has 1 unspecified atom stereocenters. The Hall–Kier alpha value is -0.460. The second kappa shape index (κ2) is 4.43. The third-order valence-electron chi connectivity index (χ3n) is 2.73. The first-order chi connectivity index (χ1) is 7.49. The van der Waals surface area contributed by atoms with Crippen LogP contribution in [-0.4, -0.2) is 26.7 Å². The van der Waals surface area contributed by atoms with Gasteiger partial charge in [-0.2, -0.15) is 0 Å². The van der Waals surface area contributed by atoms with Gasteiger partial charge in [-0.3, -0.25) is 0 Å². The molecule has 0 spiro atoms. The molecule has 0 bridgehead atoms. The van der Waals surface area contributed by atoms with Crippen molar-refractivity contribution in [3.8, 4) is 0 Å². The van der Waals surface area contributed by atoms with E-state index in [0.29, 0.717) is 6.04 Å². The first-order valence-corrected chi connectivity index (χ1v) is 8.21. The Morgan fingerprint density at radius 2 is 2.31 bits per heavy atom. The Morgan fingerprint density at radius 3 is 2.94 bits per heavy atom. The van der Waals surface area contributed by atoms with E-state index in [2.05, 4.69) is 10.3 Å². The van der Waals surface area contributed by atoms with Crippen LogP contribution in [0, 0.1) is 0 Å². The zero-order chi connectivity index (χ0) is 11.8. The van der Waals surface area contributed by atoms with Gasteiger partial charge in [0.25, 0.3) is 0 Å². The molecule has 1 aromatic rings. The van der Waals surface area contributed by atoms with E-state index in [1.807, 2.05) is 7.05 Å². The number of sulfone groups is 1. The highest BCUT2D eigenvalue weighted by Gasteiger charge is 2.24. The molecule has 1 aromatic heterocycles. The Morgan fingerprint density at radius 1 is 1.56 bits per heavy atom. The number of nitrogens with one attached hydrogen (secondary N) is 1. The number of hydrogen-bond acceptors (Lipinski definition) is 5. The fraction of sp³-hybridized carbons (Fsp3) is 0.700. The third kappa shape index (κ3) is 2.61. The summed E-state index contributed by atoms with van der Waals surface area (Å²) in [4.78, 5) is 5.72. The lowest BCUT2D eigenvalue weighted by atomic mass is 9.98. The van der Waals surface area contributed by atoms with Crippen LogP contribution in [0.4, 0.5) is 0 Å². The molecular formula is C10H16N2O2S2. The van der Waals surface area contributed by atoms with Crippen LogP contribution in [-0.2, 0) is 22.0 Å². The summed E-state index contributed by atoms with van der Waals surface area (Å²) in [7, 11) is -1.05. The monoisotopic (exact) mass is 260 g/mol. The molecule has 0 fully saturated rings. The van der Waals surface area contributed by atoms with E-state index in [1.54, 1.807) is 11.3 Å². The maximum Gasteiger partial charge on any atom is 0.153 e. The van der Waals surface area contributed by atoms with Gasteiger partial charge in [0, 0.05) is 11.1 Å². The van der Waals surface area contributed by atoms with E-state index in [0.717, 1.165) is 30.0 Å². The van der Waals surface area contributed by atoms with Gasteiger partial charge >= 0.3 is 0 Å². The average molecular weight is 260 g/mol. The van der Waals surface area contributed by atoms with Crippen LogP contribution in [0.5, 0.6) is 0 Å².